The molecule has 0 radical (unpaired) electrons. The summed E-state index contributed by atoms with van der Waals surface area (Å²) < 4.78 is 41.9. The van der Waals surface area contributed by atoms with Gasteiger partial charge in [-0.3, -0.25) is 4.79 Å². The van der Waals surface area contributed by atoms with E-state index in [1.165, 1.54) is 28.3 Å². The van der Waals surface area contributed by atoms with Gasteiger partial charge in [-0.2, -0.15) is 8.78 Å². The summed E-state index contributed by atoms with van der Waals surface area (Å²) in [6.07, 6.45) is 10.1. The summed E-state index contributed by atoms with van der Waals surface area (Å²) in [5.41, 5.74) is 6.05. The number of carbonyl (C=O) groups is 2. The molecule has 0 saturated heterocycles. The molecule has 0 heterocycles. The zero-order valence-corrected chi connectivity index (χ0v) is 26.8. The van der Waals surface area contributed by atoms with E-state index in [1.54, 1.807) is 7.11 Å². The second kappa shape index (κ2) is 22.9. The minimum Gasteiger partial charge on any atom is -0.493 e. The van der Waals surface area contributed by atoms with E-state index in [9.17, 15) is 8.78 Å². The first-order chi connectivity index (χ1) is 21.3. The molecular weight excluding hydrogens is 562 g/mol. The van der Waals surface area contributed by atoms with Crippen LogP contribution >= 0.6 is 0 Å². The van der Waals surface area contributed by atoms with Crippen molar-refractivity contribution in [1.82, 2.24) is 0 Å². The lowest BCUT2D eigenvalue weighted by Crippen LogP contribution is -2.13. The molecule has 1 fully saturated rings. The zero-order chi connectivity index (χ0) is 32.7. The average Bonchev–Trinajstić information content (AvgIpc) is 3.02. The number of aryl methyl sites for hydroxylation is 1. The number of rotatable bonds is 16. The predicted molar refractivity (Wildman–Crippen MR) is 176 cm³/mol. The van der Waals surface area contributed by atoms with Gasteiger partial charge >= 0.3 is 0 Å². The minimum absolute atomic E-state index is 0.478. The van der Waals surface area contributed by atoms with Crippen LogP contribution in [0, 0.1) is 12.8 Å². The number of methoxy groups -OCH3 is 1. The van der Waals surface area contributed by atoms with E-state index in [4.69, 9.17) is 23.8 Å². The summed E-state index contributed by atoms with van der Waals surface area (Å²) in [4.78, 5) is 17.1. The summed E-state index contributed by atoms with van der Waals surface area (Å²) in [7, 11) is 1.67. The van der Waals surface area contributed by atoms with Gasteiger partial charge < -0.3 is 19.0 Å². The molecule has 1 aliphatic rings. The van der Waals surface area contributed by atoms with Gasteiger partial charge in [-0.1, -0.05) is 50.3 Å². The smallest absolute Gasteiger partial charge is 0.266 e. The van der Waals surface area contributed by atoms with Crippen LogP contribution in [0.3, 0.4) is 0 Å². The first-order valence-electron chi connectivity index (χ1n) is 15.3. The molecule has 0 amide bonds. The van der Waals surface area contributed by atoms with Crippen LogP contribution in [0.2, 0.25) is 0 Å². The SMILES string of the molecule is C=C(CCC)CCOc1cc(OCCOC)cc(-c2ccc(C3CCC(CCC=C(F)F)CC3)cc2C)c1.C=CC=O.C=O. The molecule has 1 aliphatic carbocycles. The molecule has 1 saturated carbocycles. The fourth-order valence-electron chi connectivity index (χ4n) is 5.41. The standard InChI is InChI=1S/C33H44F2O3.C3H4O.CH2O/c1-5-7-24(2)16-17-37-30-21-29(22-31(23-30)38-19-18-36-4)32-15-14-28(20-25(32)3)27-12-10-26(11-13-27)8-6-9-33(34)35;1-2-3-4;1-2/h9,14-15,20-23,26-27H,2,5-8,10-13,16-19H2,1,3-4H3;2-3H,1H2;1H2. The Balaban J connectivity index is 0.00000149. The number of hydrogen-bond donors (Lipinski definition) is 0. The van der Waals surface area contributed by atoms with E-state index in [2.05, 4.69) is 57.3 Å². The van der Waals surface area contributed by atoms with Crippen molar-refractivity contribution in [2.75, 3.05) is 26.9 Å². The highest BCUT2D eigenvalue weighted by Gasteiger charge is 2.22. The predicted octanol–water partition coefficient (Wildman–Crippen LogP) is 9.83. The van der Waals surface area contributed by atoms with Crippen LogP contribution in [0.4, 0.5) is 8.78 Å². The number of allylic oxidation sites excluding steroid dienone is 2. The fraction of sp³-hybridized carbons (Fsp3) is 0.459. The van der Waals surface area contributed by atoms with E-state index >= 15 is 0 Å². The molecule has 0 unspecified atom stereocenters. The summed E-state index contributed by atoms with van der Waals surface area (Å²) >= 11 is 0. The molecule has 0 N–H and O–H groups in total. The van der Waals surface area contributed by atoms with Crippen LogP contribution in [-0.4, -0.2) is 40.0 Å². The molecule has 3 rings (SSSR count). The van der Waals surface area contributed by atoms with Crippen molar-refractivity contribution >= 4 is 13.1 Å². The third kappa shape index (κ3) is 14.7. The molecule has 0 spiro atoms. The first kappa shape index (κ1) is 38.4. The largest absolute Gasteiger partial charge is 0.493 e. The van der Waals surface area contributed by atoms with Gasteiger partial charge in [0.1, 0.15) is 31.2 Å². The molecule has 5 nitrogen and oxygen atoms in total. The Bertz CT molecular complexity index is 1160. The fourth-order valence-corrected chi connectivity index (χ4v) is 5.41. The van der Waals surface area contributed by atoms with Gasteiger partial charge in [0.25, 0.3) is 6.08 Å². The lowest BCUT2D eigenvalue weighted by atomic mass is 9.76. The minimum atomic E-state index is -1.56. The number of benzene rings is 2. The van der Waals surface area contributed by atoms with Gasteiger partial charge in [0.15, 0.2) is 0 Å². The van der Waals surface area contributed by atoms with E-state index in [-0.39, 0.29) is 0 Å². The van der Waals surface area contributed by atoms with Crippen molar-refractivity contribution in [2.45, 2.75) is 77.6 Å². The Hall–Kier alpha value is -3.58. The van der Waals surface area contributed by atoms with E-state index in [0.29, 0.717) is 44.4 Å². The topological polar surface area (TPSA) is 61.8 Å². The van der Waals surface area contributed by atoms with E-state index < -0.39 is 6.08 Å². The monoisotopic (exact) mass is 612 g/mol. The third-order valence-corrected chi connectivity index (χ3v) is 7.61. The Kier molecular flexibility index (Phi) is 20.0. The van der Waals surface area contributed by atoms with Crippen molar-refractivity contribution in [2.24, 2.45) is 5.92 Å². The Morgan fingerprint density at radius 1 is 0.955 bits per heavy atom. The van der Waals surface area contributed by atoms with Crippen molar-refractivity contribution in [3.05, 3.63) is 84.5 Å². The van der Waals surface area contributed by atoms with Crippen LogP contribution in [0.15, 0.2) is 73.4 Å². The maximum atomic E-state index is 12.3. The quantitative estimate of drug-likeness (QED) is 0.0817. The van der Waals surface area contributed by atoms with Gasteiger partial charge in [0.2, 0.25) is 0 Å². The van der Waals surface area contributed by atoms with Crippen LogP contribution in [0.5, 0.6) is 11.5 Å². The Labute approximate surface area is 263 Å². The third-order valence-electron chi connectivity index (χ3n) is 7.61. The van der Waals surface area contributed by atoms with Gasteiger partial charge in [-0.25, -0.2) is 0 Å². The average molecular weight is 613 g/mol. The number of ether oxygens (including phenoxy) is 3. The van der Waals surface area contributed by atoms with Crippen molar-refractivity contribution in [1.29, 1.82) is 0 Å². The van der Waals surface area contributed by atoms with Crippen LogP contribution in [0.25, 0.3) is 11.1 Å². The summed E-state index contributed by atoms with van der Waals surface area (Å²) in [5, 5.41) is 0. The second-order valence-corrected chi connectivity index (χ2v) is 10.9. The summed E-state index contributed by atoms with van der Waals surface area (Å²) in [6.45, 7) is 15.2. The highest BCUT2D eigenvalue weighted by molar-refractivity contribution is 5.71. The highest BCUT2D eigenvalue weighted by Crippen LogP contribution is 2.39. The molecule has 0 atom stereocenters. The van der Waals surface area contributed by atoms with Crippen molar-refractivity contribution in [3.8, 4) is 22.6 Å². The van der Waals surface area contributed by atoms with Crippen LogP contribution in [0.1, 0.15) is 81.8 Å². The van der Waals surface area contributed by atoms with Gasteiger partial charge in [0, 0.05) is 19.6 Å². The molecule has 0 bridgehead atoms. The highest BCUT2D eigenvalue weighted by atomic mass is 19.3. The van der Waals surface area contributed by atoms with Crippen LogP contribution < -0.4 is 9.47 Å². The molecule has 2 aromatic carbocycles. The molecule has 44 heavy (non-hydrogen) atoms. The molecule has 0 aliphatic heterocycles. The maximum absolute atomic E-state index is 12.3. The molecular formula is C37H50F2O5. The van der Waals surface area contributed by atoms with Gasteiger partial charge in [-0.15, -0.1) is 0 Å². The second-order valence-electron chi connectivity index (χ2n) is 10.9. The molecule has 0 aromatic heterocycles. The Morgan fingerprint density at radius 3 is 2.14 bits per heavy atom. The van der Waals surface area contributed by atoms with E-state index in [1.807, 2.05) is 12.9 Å². The lowest BCUT2D eigenvalue weighted by molar-refractivity contribution is -0.104. The van der Waals surface area contributed by atoms with Crippen LogP contribution in [-0.2, 0) is 14.3 Å². The first-order valence-corrected chi connectivity index (χ1v) is 15.3. The number of aldehydes is 1. The molecule has 2 aromatic rings. The Morgan fingerprint density at radius 2 is 1.59 bits per heavy atom. The lowest BCUT2D eigenvalue weighted by Gasteiger charge is -2.29. The summed E-state index contributed by atoms with van der Waals surface area (Å²) in [5.74, 6) is 2.65. The van der Waals surface area contributed by atoms with E-state index in [0.717, 1.165) is 74.5 Å². The van der Waals surface area contributed by atoms with Crippen molar-refractivity contribution in [3.63, 3.8) is 0 Å². The maximum Gasteiger partial charge on any atom is 0.266 e. The number of carbonyl (C=O) groups excluding carboxylic acids is 2. The van der Waals surface area contributed by atoms with Gasteiger partial charge in [-0.05, 0) is 110 Å². The zero-order valence-electron chi connectivity index (χ0n) is 26.8. The normalized spacial score (nSPS) is 15.4. The summed E-state index contributed by atoms with van der Waals surface area (Å²) in [6, 6.07) is 12.9. The van der Waals surface area contributed by atoms with Crippen molar-refractivity contribution < 1.29 is 32.6 Å². The number of halogens is 2. The molecule has 242 valence electrons. The molecule has 7 heteroatoms. The van der Waals surface area contributed by atoms with Gasteiger partial charge in [0.05, 0.1) is 13.2 Å². The number of hydrogen-bond acceptors (Lipinski definition) is 5.